The molecule has 0 bridgehead atoms. The third-order valence-corrected chi connectivity index (χ3v) is 12.9. The molecule has 0 fully saturated rings. The van der Waals surface area contributed by atoms with E-state index in [1.165, 1.54) is 22.3 Å². The molecule has 7 aromatic carbocycles. The molecule has 0 radical (unpaired) electrons. The molecular weight excluding hydrogens is 1000 g/mol. The van der Waals surface area contributed by atoms with Crippen LogP contribution in [0.25, 0.3) is 49.9 Å². The van der Waals surface area contributed by atoms with Crippen molar-refractivity contribution >= 4 is 44.6 Å². The molecule has 10 rings (SSSR count). The van der Waals surface area contributed by atoms with E-state index in [4.69, 9.17) is 9.72 Å². The number of hydrogen-bond acceptors (Lipinski definition) is 4. The Bertz CT molecular complexity index is 3260. The molecule has 5 nitrogen and oxygen atoms in total. The Balaban J connectivity index is 0.00000562. The quantitative estimate of drug-likeness (QED) is 0.149. The number of hydrogen-bond donors (Lipinski definition) is 0. The van der Waals surface area contributed by atoms with Crippen molar-refractivity contribution in [2.24, 2.45) is 0 Å². The van der Waals surface area contributed by atoms with E-state index >= 15 is 0 Å². The number of aryl methyl sites for hydroxylation is 1. The molecule has 0 saturated carbocycles. The van der Waals surface area contributed by atoms with Gasteiger partial charge in [0.05, 0.1) is 0 Å². The van der Waals surface area contributed by atoms with Crippen LogP contribution in [0.15, 0.2) is 158 Å². The fourth-order valence-corrected chi connectivity index (χ4v) is 9.11. The van der Waals surface area contributed by atoms with Crippen molar-refractivity contribution in [1.82, 2.24) is 9.55 Å². The second-order valence-electron chi connectivity index (χ2n) is 20.8. The minimum atomic E-state index is -0.0375. The Morgan fingerprint density at radius 2 is 1.19 bits per heavy atom. The van der Waals surface area contributed by atoms with Crippen molar-refractivity contribution in [3.05, 3.63) is 199 Å². The van der Waals surface area contributed by atoms with Gasteiger partial charge >= 0.3 is 0 Å². The van der Waals surface area contributed by atoms with Gasteiger partial charge in [0.2, 0.25) is 0 Å². The molecule has 1 aliphatic heterocycles. The van der Waals surface area contributed by atoms with Gasteiger partial charge in [-0.15, -0.1) is 48.1 Å². The van der Waals surface area contributed by atoms with Crippen molar-refractivity contribution in [2.75, 3.05) is 9.80 Å². The number of pyridine rings is 1. The average molecular weight is 1060 g/mol. The van der Waals surface area contributed by atoms with Gasteiger partial charge in [-0.1, -0.05) is 159 Å². The zero-order chi connectivity index (χ0) is 46.1. The smallest absolute Gasteiger partial charge is 0.135 e. The van der Waals surface area contributed by atoms with Gasteiger partial charge in [-0.2, -0.15) is 12.1 Å². The summed E-state index contributed by atoms with van der Waals surface area (Å²) in [7, 11) is 0. The molecule has 0 saturated heterocycles. The van der Waals surface area contributed by atoms with E-state index < -0.39 is 0 Å². The van der Waals surface area contributed by atoms with Gasteiger partial charge in [0.25, 0.3) is 0 Å². The topological polar surface area (TPSA) is 33.5 Å². The Morgan fingerprint density at radius 3 is 1.91 bits per heavy atom. The standard InChI is InChI=1S/C61H57N4O.Pt/c1-40-31-57(62-38-53(40)42-21-16-22-43(32-42)59(2,3)4)65-54-27-15-14-25-51(54)52-30-29-49(37-56(52)65)66-48-24-17-23-46(36-48)63-39-64(47-34-44(60(5,6)7)33-45(35-47)61(8,9)10)58-50(26-18-28-55(58)63)41-19-12-11-13-20-41;/h11-35,38-39H,1-10H3;/q-3;. The number of fused-ring (bicyclic) bond motifs is 4. The average Bonchev–Trinajstić information content (AvgIpc) is 3.85. The predicted octanol–water partition coefficient (Wildman–Crippen LogP) is 16.5. The summed E-state index contributed by atoms with van der Waals surface area (Å²) in [5.41, 5.74) is 15.8. The van der Waals surface area contributed by atoms with Crippen molar-refractivity contribution in [3.8, 4) is 39.6 Å². The van der Waals surface area contributed by atoms with Gasteiger partial charge in [-0.3, -0.25) is 0 Å². The number of para-hydroxylation sites is 2. The molecule has 0 amide bonds. The SMILES string of the molecule is Cc1cc(-n2c3[c-]c(Oc4[c-]c(N5[CH-]N(c6cc(C(C)(C)C)cc(C(C)(C)C)c6)c6c(-c7ccccc7)cccc65)ccc4)ccc3c3ccccc32)ncc1-c1cccc(C(C)(C)C)c1.[Pt]. The van der Waals surface area contributed by atoms with E-state index in [0.29, 0.717) is 11.5 Å². The third-order valence-electron chi connectivity index (χ3n) is 12.9. The van der Waals surface area contributed by atoms with E-state index in [0.717, 1.165) is 72.6 Å². The van der Waals surface area contributed by atoms with Gasteiger partial charge in [0.1, 0.15) is 5.82 Å². The molecule has 3 heterocycles. The summed E-state index contributed by atoms with van der Waals surface area (Å²) >= 11 is 0. The van der Waals surface area contributed by atoms with Crippen molar-refractivity contribution in [1.29, 1.82) is 0 Å². The second kappa shape index (κ2) is 17.3. The Labute approximate surface area is 411 Å². The van der Waals surface area contributed by atoms with Crippen LogP contribution >= 0.6 is 0 Å². The number of ether oxygens (including phenoxy) is 1. The van der Waals surface area contributed by atoms with Crippen LogP contribution in [0.1, 0.15) is 84.6 Å². The molecule has 0 unspecified atom stereocenters. The fraction of sp³-hybridized carbons (Fsp3) is 0.213. The van der Waals surface area contributed by atoms with Crippen LogP contribution in [0.2, 0.25) is 0 Å². The maximum absolute atomic E-state index is 6.71. The normalized spacial score (nSPS) is 13.0. The molecule has 0 spiro atoms. The van der Waals surface area contributed by atoms with Crippen LogP contribution < -0.4 is 14.5 Å². The zero-order valence-corrected chi connectivity index (χ0v) is 42.4. The second-order valence-corrected chi connectivity index (χ2v) is 20.8. The summed E-state index contributed by atoms with van der Waals surface area (Å²) < 4.78 is 8.92. The number of anilines is 4. The van der Waals surface area contributed by atoms with Crippen molar-refractivity contribution < 1.29 is 25.8 Å². The Hall–Kier alpha value is -6.42. The largest absolute Gasteiger partial charge is 0.509 e. The predicted molar refractivity (Wildman–Crippen MR) is 276 cm³/mol. The molecule has 67 heavy (non-hydrogen) atoms. The summed E-state index contributed by atoms with van der Waals surface area (Å²) in [5.74, 6) is 2.03. The summed E-state index contributed by atoms with van der Waals surface area (Å²) in [5, 5.41) is 2.22. The molecule has 0 atom stereocenters. The molecule has 6 heteroatoms. The maximum atomic E-state index is 6.71. The minimum absolute atomic E-state index is 0. The molecule has 1 aliphatic rings. The first-order chi connectivity index (χ1) is 31.5. The first-order valence-electron chi connectivity index (χ1n) is 23.0. The molecule has 340 valence electrons. The summed E-state index contributed by atoms with van der Waals surface area (Å²) in [4.78, 5) is 9.70. The van der Waals surface area contributed by atoms with Gasteiger partial charge in [-0.05, 0) is 92.3 Å². The number of benzene rings is 7. The monoisotopic (exact) mass is 1060 g/mol. The van der Waals surface area contributed by atoms with Crippen LogP contribution in [0.4, 0.5) is 22.7 Å². The Morgan fingerprint density at radius 1 is 0.537 bits per heavy atom. The zero-order valence-electron chi connectivity index (χ0n) is 40.1. The number of aromatic nitrogens is 2. The van der Waals surface area contributed by atoms with E-state index in [1.54, 1.807) is 0 Å². The van der Waals surface area contributed by atoms with Crippen LogP contribution in [-0.2, 0) is 37.3 Å². The van der Waals surface area contributed by atoms with Crippen molar-refractivity contribution in [3.63, 3.8) is 0 Å². The first kappa shape index (κ1) is 45.7. The van der Waals surface area contributed by atoms with Crippen LogP contribution in [0.5, 0.6) is 11.5 Å². The van der Waals surface area contributed by atoms with Crippen molar-refractivity contribution in [2.45, 2.75) is 85.5 Å². The molecule has 0 aliphatic carbocycles. The number of nitrogens with zero attached hydrogens (tertiary/aromatic N) is 4. The van der Waals surface area contributed by atoms with E-state index in [9.17, 15) is 0 Å². The molecule has 9 aromatic rings. The van der Waals surface area contributed by atoms with Gasteiger partial charge < -0.3 is 19.1 Å². The van der Waals surface area contributed by atoms with Gasteiger partial charge in [0, 0.05) is 72.5 Å². The van der Waals surface area contributed by atoms with Crippen LogP contribution in [-0.4, -0.2) is 9.55 Å². The molecular formula is C61H57N4OPt-3. The fourth-order valence-electron chi connectivity index (χ4n) is 9.11. The molecule has 0 N–H and O–H groups in total. The van der Waals surface area contributed by atoms with E-state index in [2.05, 4.69) is 236 Å². The van der Waals surface area contributed by atoms with Gasteiger partial charge in [-0.25, -0.2) is 4.98 Å². The van der Waals surface area contributed by atoms with Crippen LogP contribution in [0.3, 0.4) is 0 Å². The molecule has 2 aromatic heterocycles. The summed E-state index contributed by atoms with van der Waals surface area (Å²) in [6.45, 7) is 24.9. The van der Waals surface area contributed by atoms with Crippen LogP contribution in [0, 0.1) is 25.7 Å². The maximum Gasteiger partial charge on any atom is 0.135 e. The van der Waals surface area contributed by atoms with E-state index in [1.807, 2.05) is 24.4 Å². The summed E-state index contributed by atoms with van der Waals surface area (Å²) in [6.07, 6.45) is 2.01. The first-order valence-corrected chi connectivity index (χ1v) is 23.0. The Kier molecular flexibility index (Phi) is 11.8. The summed E-state index contributed by atoms with van der Waals surface area (Å²) in [6, 6.07) is 61.4. The van der Waals surface area contributed by atoms with E-state index in [-0.39, 0.29) is 37.3 Å². The minimum Gasteiger partial charge on any atom is -0.509 e. The number of rotatable bonds is 7. The third kappa shape index (κ3) is 8.71. The van der Waals surface area contributed by atoms with Gasteiger partial charge in [0.15, 0.2) is 0 Å².